The molecule has 1 nitrogen and oxygen atoms in total. The quantitative estimate of drug-likeness (QED) is 0.738. The van der Waals surface area contributed by atoms with Gasteiger partial charge >= 0.3 is 0 Å². The van der Waals surface area contributed by atoms with Crippen molar-refractivity contribution in [3.8, 4) is 0 Å². The summed E-state index contributed by atoms with van der Waals surface area (Å²) in [4.78, 5) is 0. The van der Waals surface area contributed by atoms with E-state index in [1.807, 2.05) is 0 Å². The summed E-state index contributed by atoms with van der Waals surface area (Å²) >= 11 is 0. The van der Waals surface area contributed by atoms with Gasteiger partial charge in [0.15, 0.2) is 0 Å². The van der Waals surface area contributed by atoms with Crippen LogP contribution in [-0.2, 0) is 6.42 Å². The molecule has 1 aliphatic carbocycles. The molecule has 1 aliphatic rings. The first-order valence-electron chi connectivity index (χ1n) is 7.06. The van der Waals surface area contributed by atoms with Gasteiger partial charge in [-0.3, -0.25) is 0 Å². The van der Waals surface area contributed by atoms with Gasteiger partial charge in [-0.25, -0.2) is 0 Å². The first-order valence-corrected chi connectivity index (χ1v) is 7.06. The minimum Gasteiger partial charge on any atom is -0.316 e. The molecule has 1 N–H and O–H groups in total. The summed E-state index contributed by atoms with van der Waals surface area (Å²) in [6.45, 7) is 6.82. The minimum absolute atomic E-state index is 0.918. The van der Waals surface area contributed by atoms with Crippen LogP contribution in [-0.4, -0.2) is 13.1 Å². The van der Waals surface area contributed by atoms with E-state index in [2.05, 4.69) is 43.4 Å². The summed E-state index contributed by atoms with van der Waals surface area (Å²) in [7, 11) is 0. The number of aryl methyl sites for hydroxylation is 1. The Kier molecular flexibility index (Phi) is 4.61. The second-order valence-corrected chi connectivity index (χ2v) is 5.49. The average Bonchev–Trinajstić information content (AvgIpc) is 2.30. The minimum atomic E-state index is 0.918. The molecular weight excluding hydrogens is 206 g/mol. The summed E-state index contributed by atoms with van der Waals surface area (Å²) in [5.41, 5.74) is 2.91. The molecule has 0 spiro atoms. The molecule has 17 heavy (non-hydrogen) atoms. The Bertz CT molecular complexity index is 345. The van der Waals surface area contributed by atoms with E-state index >= 15 is 0 Å². The highest BCUT2D eigenvalue weighted by Gasteiger charge is 2.29. The van der Waals surface area contributed by atoms with Crippen molar-refractivity contribution >= 4 is 0 Å². The van der Waals surface area contributed by atoms with E-state index in [4.69, 9.17) is 0 Å². The Morgan fingerprint density at radius 2 is 2.06 bits per heavy atom. The molecule has 0 aromatic heterocycles. The second kappa shape index (κ2) is 6.20. The van der Waals surface area contributed by atoms with Gasteiger partial charge in [0, 0.05) is 0 Å². The van der Waals surface area contributed by atoms with Crippen LogP contribution in [0.1, 0.15) is 37.3 Å². The maximum Gasteiger partial charge on any atom is -0.00178 e. The summed E-state index contributed by atoms with van der Waals surface area (Å²) in [6, 6.07) is 8.99. The normalized spacial score (nSPS) is 23.4. The zero-order valence-corrected chi connectivity index (χ0v) is 11.2. The molecule has 1 aromatic carbocycles. The summed E-state index contributed by atoms with van der Waals surface area (Å²) in [5, 5.41) is 3.56. The van der Waals surface area contributed by atoms with E-state index in [0.29, 0.717) is 0 Å². The van der Waals surface area contributed by atoms with Gasteiger partial charge in [0.1, 0.15) is 0 Å². The van der Waals surface area contributed by atoms with E-state index in [0.717, 1.165) is 11.8 Å². The molecule has 1 fully saturated rings. The van der Waals surface area contributed by atoms with Crippen LogP contribution in [0.4, 0.5) is 0 Å². The molecule has 1 saturated carbocycles. The molecule has 2 unspecified atom stereocenters. The fourth-order valence-corrected chi connectivity index (χ4v) is 2.78. The second-order valence-electron chi connectivity index (χ2n) is 5.49. The maximum absolute atomic E-state index is 3.56. The van der Waals surface area contributed by atoms with Crippen molar-refractivity contribution in [1.82, 2.24) is 5.32 Å². The lowest BCUT2D eigenvalue weighted by Gasteiger charge is -2.37. The molecule has 0 amide bonds. The first-order chi connectivity index (χ1) is 8.29. The monoisotopic (exact) mass is 231 g/mol. The highest BCUT2D eigenvalue weighted by Crippen LogP contribution is 2.36. The highest BCUT2D eigenvalue weighted by molar-refractivity contribution is 5.23. The van der Waals surface area contributed by atoms with Crippen LogP contribution in [0, 0.1) is 18.8 Å². The van der Waals surface area contributed by atoms with Gasteiger partial charge in [-0.05, 0) is 63.1 Å². The molecule has 1 heteroatoms. The summed E-state index contributed by atoms with van der Waals surface area (Å²) in [5.74, 6) is 1.84. The van der Waals surface area contributed by atoms with Gasteiger partial charge in [-0.2, -0.15) is 0 Å². The molecule has 1 aromatic rings. The topological polar surface area (TPSA) is 12.0 Å². The molecule has 0 radical (unpaired) electrons. The largest absolute Gasteiger partial charge is 0.316 e. The number of hydrogen-bond acceptors (Lipinski definition) is 1. The zero-order valence-electron chi connectivity index (χ0n) is 11.2. The van der Waals surface area contributed by atoms with Gasteiger partial charge in [0.2, 0.25) is 0 Å². The fraction of sp³-hybridized carbons (Fsp3) is 0.625. The first kappa shape index (κ1) is 12.6. The SMILES string of the molecule is CCCNCC1CCC1Cc1cccc(C)c1. The van der Waals surface area contributed by atoms with Crippen LogP contribution in [0.25, 0.3) is 0 Å². The predicted molar refractivity (Wildman–Crippen MR) is 74.3 cm³/mol. The van der Waals surface area contributed by atoms with Crippen LogP contribution < -0.4 is 5.32 Å². The molecule has 2 rings (SSSR count). The van der Waals surface area contributed by atoms with Gasteiger partial charge in [0.25, 0.3) is 0 Å². The van der Waals surface area contributed by atoms with Gasteiger partial charge in [0.05, 0.1) is 0 Å². The van der Waals surface area contributed by atoms with Crippen molar-refractivity contribution in [2.45, 2.75) is 39.5 Å². The van der Waals surface area contributed by atoms with Crippen LogP contribution in [0.15, 0.2) is 24.3 Å². The van der Waals surface area contributed by atoms with Gasteiger partial charge < -0.3 is 5.32 Å². The molecule has 0 aliphatic heterocycles. The lowest BCUT2D eigenvalue weighted by Crippen LogP contribution is -2.36. The number of benzene rings is 1. The van der Waals surface area contributed by atoms with Crippen LogP contribution in [0.2, 0.25) is 0 Å². The Morgan fingerprint density at radius 1 is 1.24 bits per heavy atom. The van der Waals surface area contributed by atoms with Crippen molar-refractivity contribution < 1.29 is 0 Å². The van der Waals surface area contributed by atoms with Gasteiger partial charge in [-0.1, -0.05) is 36.8 Å². The van der Waals surface area contributed by atoms with Crippen molar-refractivity contribution in [3.05, 3.63) is 35.4 Å². The Morgan fingerprint density at radius 3 is 2.71 bits per heavy atom. The third kappa shape index (κ3) is 3.57. The summed E-state index contributed by atoms with van der Waals surface area (Å²) < 4.78 is 0. The molecule has 0 bridgehead atoms. The number of hydrogen-bond donors (Lipinski definition) is 1. The van der Waals surface area contributed by atoms with E-state index in [1.165, 1.54) is 49.9 Å². The average molecular weight is 231 g/mol. The smallest absolute Gasteiger partial charge is 0.00178 e. The highest BCUT2D eigenvalue weighted by atomic mass is 14.9. The third-order valence-electron chi connectivity index (χ3n) is 3.99. The van der Waals surface area contributed by atoms with E-state index < -0.39 is 0 Å². The standard InChI is InChI=1S/C16H25N/c1-3-9-17-12-16-8-7-15(16)11-14-6-4-5-13(2)10-14/h4-6,10,15-17H,3,7-9,11-12H2,1-2H3. The Hall–Kier alpha value is -0.820. The molecule has 94 valence electrons. The fourth-order valence-electron chi connectivity index (χ4n) is 2.78. The molecular formula is C16H25N. The van der Waals surface area contributed by atoms with Crippen LogP contribution in [0.3, 0.4) is 0 Å². The van der Waals surface area contributed by atoms with Crippen molar-refractivity contribution in [1.29, 1.82) is 0 Å². The third-order valence-corrected chi connectivity index (χ3v) is 3.99. The molecule has 2 atom stereocenters. The molecule has 0 saturated heterocycles. The van der Waals surface area contributed by atoms with Crippen molar-refractivity contribution in [3.63, 3.8) is 0 Å². The predicted octanol–water partition coefficient (Wildman–Crippen LogP) is 3.56. The van der Waals surface area contributed by atoms with Crippen molar-refractivity contribution in [2.75, 3.05) is 13.1 Å². The number of nitrogens with one attached hydrogen (secondary N) is 1. The van der Waals surface area contributed by atoms with E-state index in [-0.39, 0.29) is 0 Å². The zero-order chi connectivity index (χ0) is 12.1. The Balaban J connectivity index is 1.79. The van der Waals surface area contributed by atoms with Gasteiger partial charge in [-0.15, -0.1) is 0 Å². The van der Waals surface area contributed by atoms with Crippen LogP contribution in [0.5, 0.6) is 0 Å². The number of rotatable bonds is 6. The van der Waals surface area contributed by atoms with Crippen molar-refractivity contribution in [2.24, 2.45) is 11.8 Å². The lowest BCUT2D eigenvalue weighted by atomic mass is 9.70. The van der Waals surface area contributed by atoms with E-state index in [1.54, 1.807) is 0 Å². The van der Waals surface area contributed by atoms with Crippen LogP contribution >= 0.6 is 0 Å². The van der Waals surface area contributed by atoms with E-state index in [9.17, 15) is 0 Å². The lowest BCUT2D eigenvalue weighted by molar-refractivity contribution is 0.171. The molecule has 0 heterocycles. The summed E-state index contributed by atoms with van der Waals surface area (Å²) in [6.07, 6.45) is 5.37. The Labute approximate surface area is 106 Å². The maximum atomic E-state index is 3.56.